The molecule has 1 saturated heterocycles. The van der Waals surface area contributed by atoms with E-state index in [1.165, 1.54) is 0 Å². The van der Waals surface area contributed by atoms with Gasteiger partial charge in [0.05, 0.1) is 12.1 Å². The number of aryl methyl sites for hydroxylation is 1. The van der Waals surface area contributed by atoms with Gasteiger partial charge in [0.1, 0.15) is 12.8 Å². The first-order valence-corrected chi connectivity index (χ1v) is 11.4. The van der Waals surface area contributed by atoms with Crippen LogP contribution in [0.1, 0.15) is 43.5 Å². The molecule has 1 aromatic carbocycles. The Labute approximate surface area is 194 Å². The molecule has 0 bridgehead atoms. The number of aliphatic hydroxyl groups excluding tert-OH is 2. The van der Waals surface area contributed by atoms with Crippen molar-refractivity contribution in [3.63, 3.8) is 0 Å². The molecule has 2 unspecified atom stereocenters. The average Bonchev–Trinajstić information content (AvgIpc) is 2.80. The smallest absolute Gasteiger partial charge is 0.221 e. The Morgan fingerprint density at radius 2 is 1.94 bits per heavy atom. The highest BCUT2D eigenvalue weighted by Crippen LogP contribution is 2.24. The lowest BCUT2D eigenvalue weighted by Gasteiger charge is -2.36. The predicted molar refractivity (Wildman–Crippen MR) is 124 cm³/mol. The van der Waals surface area contributed by atoms with E-state index < -0.39 is 25.1 Å². The third kappa shape index (κ3) is 7.04. The van der Waals surface area contributed by atoms with Gasteiger partial charge < -0.3 is 25.2 Å². The summed E-state index contributed by atoms with van der Waals surface area (Å²) in [4.78, 5) is 18.7. The van der Waals surface area contributed by atoms with E-state index in [0.29, 0.717) is 18.5 Å². The number of hydrogen-bond acceptors (Lipinski definition) is 6. The maximum atomic E-state index is 13.7. The number of nitrogens with zero attached hydrogens (tertiary/aromatic N) is 2. The summed E-state index contributed by atoms with van der Waals surface area (Å²) in [5.74, 6) is -0.327. The van der Waals surface area contributed by atoms with Crippen LogP contribution in [0.25, 0.3) is 11.1 Å². The van der Waals surface area contributed by atoms with E-state index in [-0.39, 0.29) is 24.5 Å². The number of halogens is 1. The molecular formula is C25H34FN3O4. The molecule has 3 rings (SSSR count). The zero-order valence-corrected chi connectivity index (χ0v) is 19.4. The minimum Gasteiger partial charge on any atom is -0.386 e. The van der Waals surface area contributed by atoms with Crippen LogP contribution in [0.3, 0.4) is 0 Å². The molecule has 0 radical (unpaired) electrons. The summed E-state index contributed by atoms with van der Waals surface area (Å²) in [5, 5.41) is 23.1. The fourth-order valence-electron chi connectivity index (χ4n) is 4.14. The van der Waals surface area contributed by atoms with Crippen molar-refractivity contribution in [2.45, 2.75) is 63.7 Å². The van der Waals surface area contributed by atoms with Crippen LogP contribution in [-0.2, 0) is 9.53 Å². The molecule has 180 valence electrons. The van der Waals surface area contributed by atoms with Crippen molar-refractivity contribution < 1.29 is 24.1 Å². The zero-order chi connectivity index (χ0) is 24.0. The highest BCUT2D eigenvalue weighted by molar-refractivity contribution is 5.76. The van der Waals surface area contributed by atoms with Crippen molar-refractivity contribution in [2.24, 2.45) is 0 Å². The molecular weight excluding hydrogens is 425 g/mol. The van der Waals surface area contributed by atoms with Crippen molar-refractivity contribution in [1.82, 2.24) is 15.2 Å². The monoisotopic (exact) mass is 459 g/mol. The van der Waals surface area contributed by atoms with E-state index in [2.05, 4.69) is 10.3 Å². The third-order valence-electron chi connectivity index (χ3n) is 6.17. The summed E-state index contributed by atoms with van der Waals surface area (Å²) in [6.07, 6.45) is 1.21. The molecule has 0 saturated carbocycles. The molecule has 1 aromatic heterocycles. The van der Waals surface area contributed by atoms with Crippen LogP contribution < -0.4 is 5.32 Å². The van der Waals surface area contributed by atoms with E-state index in [1.807, 2.05) is 50.1 Å². The van der Waals surface area contributed by atoms with Gasteiger partial charge in [0.25, 0.3) is 0 Å². The quantitative estimate of drug-likeness (QED) is 0.534. The van der Waals surface area contributed by atoms with Crippen LogP contribution in [0.4, 0.5) is 4.39 Å². The second-order valence-corrected chi connectivity index (χ2v) is 8.84. The number of aromatic nitrogens is 1. The third-order valence-corrected chi connectivity index (χ3v) is 6.17. The lowest BCUT2D eigenvalue weighted by Crippen LogP contribution is -2.45. The highest BCUT2D eigenvalue weighted by atomic mass is 19.1. The number of benzene rings is 1. The minimum atomic E-state index is -1.16. The predicted octanol–water partition coefficient (Wildman–Crippen LogP) is 2.75. The van der Waals surface area contributed by atoms with Crippen molar-refractivity contribution in [2.75, 3.05) is 20.3 Å². The standard InChI is InChI=1S/C25H34FN3O4/c1-16-4-5-20(15-27-16)18-6-8-19(9-7-18)25(32)22(14-26)28-23(30)10-11-29(3)21-12-17(2)33-24(31)13-21/h4-9,15,17,21-22,24-25,31-32H,10-14H2,1-3H3,(H,28,30)/t17-,21?,22?,24-,25-/m1/s1. The number of aliphatic hydroxyl groups is 2. The molecule has 1 fully saturated rings. The first kappa shape index (κ1) is 25.2. The number of rotatable bonds is 9. The van der Waals surface area contributed by atoms with Crippen LogP contribution in [0, 0.1) is 6.92 Å². The van der Waals surface area contributed by atoms with Crippen LogP contribution in [-0.4, -0.2) is 70.7 Å². The summed E-state index contributed by atoms with van der Waals surface area (Å²) in [7, 11) is 1.90. The Balaban J connectivity index is 1.52. The summed E-state index contributed by atoms with van der Waals surface area (Å²) in [5.41, 5.74) is 3.35. The summed E-state index contributed by atoms with van der Waals surface area (Å²) >= 11 is 0. The van der Waals surface area contributed by atoms with Gasteiger partial charge in [-0.05, 0) is 44.5 Å². The fraction of sp³-hybridized carbons (Fsp3) is 0.520. The number of pyridine rings is 1. The van der Waals surface area contributed by atoms with Crippen LogP contribution >= 0.6 is 0 Å². The summed E-state index contributed by atoms with van der Waals surface area (Å²) in [6.45, 7) is 3.41. The molecule has 1 amide bonds. The van der Waals surface area contributed by atoms with Crippen molar-refractivity contribution in [1.29, 1.82) is 0 Å². The van der Waals surface area contributed by atoms with Crippen LogP contribution in [0.5, 0.6) is 0 Å². The summed E-state index contributed by atoms with van der Waals surface area (Å²) in [6, 6.07) is 10.1. The number of carbonyl (C=O) groups excluding carboxylic acids is 1. The number of ether oxygens (including phenoxy) is 1. The lowest BCUT2D eigenvalue weighted by atomic mass is 9.99. The molecule has 3 N–H and O–H groups in total. The fourth-order valence-corrected chi connectivity index (χ4v) is 4.14. The van der Waals surface area contributed by atoms with Gasteiger partial charge >= 0.3 is 0 Å². The van der Waals surface area contributed by atoms with Crippen molar-refractivity contribution >= 4 is 5.91 Å². The number of amides is 1. The maximum Gasteiger partial charge on any atom is 0.221 e. The van der Waals surface area contributed by atoms with Gasteiger partial charge in [-0.2, -0.15) is 0 Å². The molecule has 7 nitrogen and oxygen atoms in total. The SMILES string of the molecule is Cc1ccc(-c2ccc([C@@H](O)C(CF)NC(=O)CCN(C)C3C[C@@H](C)O[C@@H](O)C3)cc2)cn1. The van der Waals surface area contributed by atoms with Gasteiger partial charge in [-0.25, -0.2) is 4.39 Å². The molecule has 1 aliphatic heterocycles. The average molecular weight is 460 g/mol. The van der Waals surface area contributed by atoms with E-state index in [4.69, 9.17) is 4.74 Å². The molecule has 2 heterocycles. The van der Waals surface area contributed by atoms with Crippen molar-refractivity contribution in [3.05, 3.63) is 53.9 Å². The Morgan fingerprint density at radius 3 is 2.55 bits per heavy atom. The van der Waals surface area contributed by atoms with Gasteiger partial charge in [-0.15, -0.1) is 0 Å². The van der Waals surface area contributed by atoms with Crippen LogP contribution in [0.15, 0.2) is 42.6 Å². The minimum absolute atomic E-state index is 0.0465. The number of alkyl halides is 1. The molecule has 33 heavy (non-hydrogen) atoms. The molecule has 0 spiro atoms. The molecule has 1 aliphatic rings. The molecule has 0 aliphatic carbocycles. The van der Waals surface area contributed by atoms with E-state index >= 15 is 0 Å². The highest BCUT2D eigenvalue weighted by Gasteiger charge is 2.29. The van der Waals surface area contributed by atoms with E-state index in [1.54, 1.807) is 18.3 Å². The Morgan fingerprint density at radius 1 is 1.24 bits per heavy atom. The first-order chi connectivity index (χ1) is 15.8. The normalized spacial score (nSPS) is 22.7. The Hall–Kier alpha value is -2.39. The number of hydrogen-bond donors (Lipinski definition) is 3. The summed E-state index contributed by atoms with van der Waals surface area (Å²) < 4.78 is 19.0. The largest absolute Gasteiger partial charge is 0.386 e. The Kier molecular flexibility index (Phi) is 8.91. The van der Waals surface area contributed by atoms with Gasteiger partial charge in [-0.1, -0.05) is 30.3 Å². The van der Waals surface area contributed by atoms with Crippen LogP contribution in [0.2, 0.25) is 0 Å². The first-order valence-electron chi connectivity index (χ1n) is 11.4. The zero-order valence-electron chi connectivity index (χ0n) is 19.4. The molecule has 2 aromatic rings. The van der Waals surface area contributed by atoms with E-state index in [9.17, 15) is 19.4 Å². The molecule has 8 heteroatoms. The topological polar surface area (TPSA) is 94.9 Å². The van der Waals surface area contributed by atoms with Gasteiger partial charge in [-0.3, -0.25) is 9.78 Å². The second-order valence-electron chi connectivity index (χ2n) is 8.84. The van der Waals surface area contributed by atoms with Gasteiger partial charge in [0, 0.05) is 42.9 Å². The number of carbonyl (C=O) groups is 1. The number of nitrogens with one attached hydrogen (secondary N) is 1. The van der Waals surface area contributed by atoms with Gasteiger partial charge in [0.15, 0.2) is 6.29 Å². The van der Waals surface area contributed by atoms with E-state index in [0.717, 1.165) is 23.2 Å². The molecule has 5 atom stereocenters. The Bertz CT molecular complexity index is 884. The second kappa shape index (κ2) is 11.7. The van der Waals surface area contributed by atoms with Crippen molar-refractivity contribution in [3.8, 4) is 11.1 Å². The lowest BCUT2D eigenvalue weighted by molar-refractivity contribution is -0.173. The van der Waals surface area contributed by atoms with Gasteiger partial charge in [0.2, 0.25) is 5.91 Å². The maximum absolute atomic E-state index is 13.7.